The van der Waals surface area contributed by atoms with Gasteiger partial charge in [-0.05, 0) is 26.0 Å². The predicted octanol–water partition coefficient (Wildman–Crippen LogP) is 0.830. The van der Waals surface area contributed by atoms with Gasteiger partial charge in [0.1, 0.15) is 0 Å². The van der Waals surface area contributed by atoms with E-state index in [0.29, 0.717) is 0 Å². The maximum Gasteiger partial charge on any atom is 0.371 e. The van der Waals surface area contributed by atoms with Crippen molar-refractivity contribution in [3.63, 3.8) is 0 Å². The Morgan fingerprint density at radius 3 is 1.30 bits per heavy atom. The van der Waals surface area contributed by atoms with Crippen molar-refractivity contribution < 1.29 is 38.9 Å². The molecule has 0 aliphatic heterocycles. The number of hydrogen-bond donors (Lipinski definition) is 2. The van der Waals surface area contributed by atoms with Crippen LogP contribution in [-0.4, -0.2) is 34.1 Å². The number of carboxylic acid groups (broad SMARTS) is 2. The Morgan fingerprint density at radius 2 is 1.05 bits per heavy atom. The molecule has 0 rings (SSSR count). The van der Waals surface area contributed by atoms with E-state index in [1.807, 2.05) is 0 Å². The number of hydrogen-bond acceptors (Lipinski definition) is 6. The lowest BCUT2D eigenvalue weighted by Crippen LogP contribution is -2.11. The van der Waals surface area contributed by atoms with Crippen LogP contribution in [-0.2, 0) is 28.7 Å². The van der Waals surface area contributed by atoms with Crippen molar-refractivity contribution in [2.75, 3.05) is 0 Å². The summed E-state index contributed by atoms with van der Waals surface area (Å²) in [5, 5.41) is 16.8. The second-order valence-corrected chi connectivity index (χ2v) is 3.61. The summed E-state index contributed by atoms with van der Waals surface area (Å²) in [6.07, 6.45) is 0.305. The van der Waals surface area contributed by atoms with Crippen LogP contribution in [0.1, 0.15) is 25.7 Å². The molecule has 0 bridgehead atoms. The Labute approximate surface area is 114 Å². The Hall–Kier alpha value is -2.64. The molecule has 0 aliphatic carbocycles. The summed E-state index contributed by atoms with van der Waals surface area (Å²) in [5.41, 5.74) is 0. The molecule has 2 N–H and O–H groups in total. The summed E-state index contributed by atoms with van der Waals surface area (Å²) in [7, 11) is 0. The van der Waals surface area contributed by atoms with Crippen molar-refractivity contribution in [1.82, 2.24) is 0 Å². The Kier molecular flexibility index (Phi) is 7.34. The van der Waals surface area contributed by atoms with Crippen molar-refractivity contribution in [2.24, 2.45) is 0 Å². The number of ether oxygens (including phenoxy) is 2. The number of carboxylic acids is 2. The summed E-state index contributed by atoms with van der Waals surface area (Å²) in [6, 6.07) is 0. The molecule has 110 valence electrons. The minimum absolute atomic E-state index is 0.0978. The van der Waals surface area contributed by atoms with Crippen LogP contribution in [0.2, 0.25) is 0 Å². The standard InChI is InChI=1S/C12H14O8/c1-7(11(15)16)19-9(13)5-3-4-6-10(14)20-8(2)12(17)18/h1-6H2,(H,15,16)(H,17,18). The molecule has 0 saturated heterocycles. The van der Waals surface area contributed by atoms with E-state index >= 15 is 0 Å². The fourth-order valence-corrected chi connectivity index (χ4v) is 1.00. The lowest BCUT2D eigenvalue weighted by atomic mass is 10.2. The summed E-state index contributed by atoms with van der Waals surface area (Å²) >= 11 is 0. The Bertz CT molecular complexity index is 406. The van der Waals surface area contributed by atoms with Gasteiger partial charge in [-0.1, -0.05) is 0 Å². The lowest BCUT2D eigenvalue weighted by molar-refractivity contribution is -0.148. The molecule has 0 heterocycles. The van der Waals surface area contributed by atoms with E-state index in [4.69, 9.17) is 10.2 Å². The molecule has 20 heavy (non-hydrogen) atoms. The Morgan fingerprint density at radius 1 is 0.750 bits per heavy atom. The SMILES string of the molecule is C=C(OC(=O)CCCCC(=O)OC(=C)C(=O)O)C(=O)O. The normalized spacial score (nSPS) is 9.40. The van der Waals surface area contributed by atoms with E-state index < -0.39 is 35.4 Å². The minimum atomic E-state index is -1.44. The number of esters is 2. The van der Waals surface area contributed by atoms with Gasteiger partial charge < -0.3 is 19.7 Å². The highest BCUT2D eigenvalue weighted by Crippen LogP contribution is 2.06. The molecule has 0 spiro atoms. The van der Waals surface area contributed by atoms with Crippen LogP contribution in [0, 0.1) is 0 Å². The highest BCUT2D eigenvalue weighted by atomic mass is 16.6. The molecule has 0 radical (unpaired) electrons. The second-order valence-electron chi connectivity index (χ2n) is 3.61. The van der Waals surface area contributed by atoms with E-state index in [9.17, 15) is 19.2 Å². The van der Waals surface area contributed by atoms with E-state index in [0.717, 1.165) is 0 Å². The molecule has 0 unspecified atom stereocenters. The third kappa shape index (κ3) is 7.64. The molecule has 0 aromatic rings. The van der Waals surface area contributed by atoms with Crippen molar-refractivity contribution in [2.45, 2.75) is 25.7 Å². The molecule has 0 saturated carbocycles. The quantitative estimate of drug-likeness (QED) is 0.276. The van der Waals surface area contributed by atoms with Gasteiger partial charge in [0, 0.05) is 12.8 Å². The van der Waals surface area contributed by atoms with Crippen LogP contribution in [0.5, 0.6) is 0 Å². The van der Waals surface area contributed by atoms with Gasteiger partial charge in [-0.25, -0.2) is 9.59 Å². The highest BCUT2D eigenvalue weighted by Gasteiger charge is 2.13. The number of rotatable bonds is 9. The Balaban J connectivity index is 3.81. The molecular weight excluding hydrogens is 272 g/mol. The summed E-state index contributed by atoms with van der Waals surface area (Å²) in [5.74, 6) is -5.77. The van der Waals surface area contributed by atoms with E-state index in [1.54, 1.807) is 0 Å². The number of aliphatic carboxylic acids is 2. The van der Waals surface area contributed by atoms with Gasteiger partial charge in [-0.15, -0.1) is 0 Å². The van der Waals surface area contributed by atoms with Gasteiger partial charge >= 0.3 is 23.9 Å². The fraction of sp³-hybridized carbons (Fsp3) is 0.333. The van der Waals surface area contributed by atoms with Crippen LogP contribution in [0.3, 0.4) is 0 Å². The van der Waals surface area contributed by atoms with Crippen LogP contribution in [0.25, 0.3) is 0 Å². The van der Waals surface area contributed by atoms with Crippen molar-refractivity contribution in [3.05, 3.63) is 24.7 Å². The first-order valence-electron chi connectivity index (χ1n) is 5.49. The number of carbonyl (C=O) groups excluding carboxylic acids is 2. The maximum atomic E-state index is 11.1. The number of unbranched alkanes of at least 4 members (excludes halogenated alkanes) is 1. The zero-order valence-corrected chi connectivity index (χ0v) is 10.6. The monoisotopic (exact) mass is 286 g/mol. The molecule has 0 fully saturated rings. The topological polar surface area (TPSA) is 127 Å². The summed E-state index contributed by atoms with van der Waals surface area (Å²) < 4.78 is 8.75. The van der Waals surface area contributed by atoms with Gasteiger partial charge in [-0.3, -0.25) is 9.59 Å². The molecule has 8 heteroatoms. The van der Waals surface area contributed by atoms with Crippen LogP contribution >= 0.6 is 0 Å². The van der Waals surface area contributed by atoms with Gasteiger partial charge in [0.25, 0.3) is 0 Å². The second kappa shape index (κ2) is 8.46. The van der Waals surface area contributed by atoms with E-state index in [-0.39, 0.29) is 25.7 Å². The lowest BCUT2D eigenvalue weighted by Gasteiger charge is -2.04. The molecule has 0 amide bonds. The first kappa shape index (κ1) is 17.4. The van der Waals surface area contributed by atoms with E-state index in [1.165, 1.54) is 0 Å². The number of carbonyl (C=O) groups is 4. The van der Waals surface area contributed by atoms with Crippen LogP contribution in [0.4, 0.5) is 0 Å². The summed E-state index contributed by atoms with van der Waals surface area (Å²) in [4.78, 5) is 42.9. The van der Waals surface area contributed by atoms with Crippen molar-refractivity contribution in [3.8, 4) is 0 Å². The largest absolute Gasteiger partial charge is 0.475 e. The van der Waals surface area contributed by atoms with Crippen LogP contribution < -0.4 is 0 Å². The predicted molar refractivity (Wildman–Crippen MR) is 64.2 cm³/mol. The zero-order chi connectivity index (χ0) is 15.7. The van der Waals surface area contributed by atoms with Crippen molar-refractivity contribution in [1.29, 1.82) is 0 Å². The average Bonchev–Trinajstić information content (AvgIpc) is 2.34. The van der Waals surface area contributed by atoms with Gasteiger partial charge in [0.15, 0.2) is 0 Å². The highest BCUT2D eigenvalue weighted by molar-refractivity contribution is 5.87. The molecule has 0 aromatic heterocycles. The molecular formula is C12H14O8. The van der Waals surface area contributed by atoms with Gasteiger partial charge in [-0.2, -0.15) is 0 Å². The van der Waals surface area contributed by atoms with Gasteiger partial charge in [0.2, 0.25) is 11.5 Å². The summed E-state index contributed by atoms with van der Waals surface area (Å²) in [6.45, 7) is 6.04. The average molecular weight is 286 g/mol. The first-order chi connectivity index (χ1) is 9.23. The van der Waals surface area contributed by atoms with Gasteiger partial charge in [0.05, 0.1) is 0 Å². The first-order valence-corrected chi connectivity index (χ1v) is 5.49. The third-order valence-corrected chi connectivity index (χ3v) is 1.96. The molecule has 0 aromatic carbocycles. The fourth-order valence-electron chi connectivity index (χ4n) is 1.00. The molecule has 8 nitrogen and oxygen atoms in total. The zero-order valence-electron chi connectivity index (χ0n) is 10.6. The van der Waals surface area contributed by atoms with Crippen molar-refractivity contribution >= 4 is 23.9 Å². The smallest absolute Gasteiger partial charge is 0.371 e. The maximum absolute atomic E-state index is 11.1. The third-order valence-electron chi connectivity index (χ3n) is 1.96. The molecule has 0 aliphatic rings. The van der Waals surface area contributed by atoms with E-state index in [2.05, 4.69) is 22.6 Å². The van der Waals surface area contributed by atoms with Crippen LogP contribution in [0.15, 0.2) is 24.7 Å². The molecule has 0 atom stereocenters. The minimum Gasteiger partial charge on any atom is -0.475 e.